The van der Waals surface area contributed by atoms with Gasteiger partial charge < -0.3 is 25.6 Å². The van der Waals surface area contributed by atoms with Gasteiger partial charge in [-0.25, -0.2) is 14.0 Å². The molecule has 0 spiro atoms. The number of carbonyl (C=O) groups excluding carboxylic acids is 3. The van der Waals surface area contributed by atoms with Crippen molar-refractivity contribution in [2.75, 3.05) is 35.7 Å². The summed E-state index contributed by atoms with van der Waals surface area (Å²) in [7, 11) is 1.51. The molecule has 0 aliphatic carbocycles. The zero-order chi connectivity index (χ0) is 24.4. The van der Waals surface area contributed by atoms with Gasteiger partial charge in [-0.15, -0.1) is 0 Å². The number of methoxy groups -OCH3 is 1. The molecule has 2 aromatic carbocycles. The van der Waals surface area contributed by atoms with Crippen LogP contribution >= 0.6 is 11.6 Å². The standard InChI is InChI=1S/C23H25ClFN5O4/c1-13-11-26-22(32)30(13)16-7-8-19(18(25)9-16)28-21(31)20-10-17(34-2)12-29(20)23(33)27-15-5-3-14(24)4-6-15/h3-9,13,17,20H,10-12H2,1-2H3,(H,26,32)(H,27,33)(H,28,31)/t13?,17-,20-/m1/s1. The average Bonchev–Trinajstić information content (AvgIpc) is 3.40. The minimum atomic E-state index is -0.860. The van der Waals surface area contributed by atoms with Crippen LogP contribution in [0.25, 0.3) is 0 Å². The normalized spacial score (nSPS) is 22.0. The first-order chi connectivity index (χ1) is 16.3. The number of hydrogen-bond donors (Lipinski definition) is 3. The summed E-state index contributed by atoms with van der Waals surface area (Å²) in [5.41, 5.74) is 0.874. The highest BCUT2D eigenvalue weighted by atomic mass is 35.5. The second-order valence-electron chi connectivity index (χ2n) is 8.26. The van der Waals surface area contributed by atoms with Crippen LogP contribution in [0.1, 0.15) is 13.3 Å². The van der Waals surface area contributed by atoms with Gasteiger partial charge in [0.05, 0.1) is 17.8 Å². The molecule has 3 N–H and O–H groups in total. The van der Waals surface area contributed by atoms with Gasteiger partial charge in [-0.1, -0.05) is 11.6 Å². The first-order valence-electron chi connectivity index (χ1n) is 10.8. The van der Waals surface area contributed by atoms with Crippen LogP contribution in [0.3, 0.4) is 0 Å². The Hall–Kier alpha value is -3.37. The van der Waals surface area contributed by atoms with Gasteiger partial charge in [0.1, 0.15) is 11.9 Å². The van der Waals surface area contributed by atoms with Crippen LogP contribution in [0, 0.1) is 5.82 Å². The SMILES string of the molecule is CO[C@@H]1C[C@H](C(=O)Nc2ccc(N3C(=O)NCC3C)cc2F)N(C(=O)Nc2ccc(Cl)cc2)C1. The molecule has 9 nitrogen and oxygen atoms in total. The van der Waals surface area contributed by atoms with Gasteiger partial charge in [0.2, 0.25) is 5.91 Å². The van der Waals surface area contributed by atoms with Gasteiger partial charge >= 0.3 is 12.1 Å². The predicted molar refractivity (Wildman–Crippen MR) is 127 cm³/mol. The van der Waals surface area contributed by atoms with E-state index >= 15 is 0 Å². The van der Waals surface area contributed by atoms with E-state index in [1.54, 1.807) is 30.3 Å². The molecule has 3 atom stereocenters. The third-order valence-electron chi connectivity index (χ3n) is 5.95. The number of halogens is 2. The molecule has 2 aliphatic rings. The van der Waals surface area contributed by atoms with Crippen molar-refractivity contribution in [3.63, 3.8) is 0 Å². The Morgan fingerprint density at radius 1 is 1.18 bits per heavy atom. The van der Waals surface area contributed by atoms with Crippen molar-refractivity contribution in [2.45, 2.75) is 31.5 Å². The van der Waals surface area contributed by atoms with Crippen LogP contribution in [-0.2, 0) is 9.53 Å². The van der Waals surface area contributed by atoms with Crippen LogP contribution in [0.2, 0.25) is 5.02 Å². The number of likely N-dealkylation sites (tertiary alicyclic amines) is 1. The fourth-order valence-corrected chi connectivity index (χ4v) is 4.25. The summed E-state index contributed by atoms with van der Waals surface area (Å²) in [5.74, 6) is -1.22. The molecule has 5 amide bonds. The molecule has 180 valence electrons. The highest BCUT2D eigenvalue weighted by Crippen LogP contribution is 2.27. The third kappa shape index (κ3) is 4.92. The smallest absolute Gasteiger partial charge is 0.322 e. The molecule has 1 unspecified atom stereocenters. The lowest BCUT2D eigenvalue weighted by Gasteiger charge is -2.24. The molecule has 0 saturated carbocycles. The Morgan fingerprint density at radius 3 is 2.53 bits per heavy atom. The Balaban J connectivity index is 1.47. The number of nitrogens with one attached hydrogen (secondary N) is 3. The molecule has 4 rings (SSSR count). The van der Waals surface area contributed by atoms with Crippen molar-refractivity contribution in [1.29, 1.82) is 0 Å². The summed E-state index contributed by atoms with van der Waals surface area (Å²) in [6, 6.07) is 8.99. The van der Waals surface area contributed by atoms with Crippen LogP contribution in [0.4, 0.5) is 31.0 Å². The van der Waals surface area contributed by atoms with E-state index in [9.17, 15) is 18.8 Å². The lowest BCUT2D eigenvalue weighted by Crippen LogP contribution is -2.45. The number of hydrogen-bond acceptors (Lipinski definition) is 4. The lowest BCUT2D eigenvalue weighted by molar-refractivity contribution is -0.119. The van der Waals surface area contributed by atoms with Crippen LogP contribution in [0.15, 0.2) is 42.5 Å². The molecule has 2 heterocycles. The molecular weight excluding hydrogens is 465 g/mol. The topological polar surface area (TPSA) is 103 Å². The molecule has 0 aromatic heterocycles. The van der Waals surface area contributed by atoms with Crippen LogP contribution in [-0.4, -0.2) is 61.3 Å². The number of amides is 5. The molecule has 0 bridgehead atoms. The summed E-state index contributed by atoms with van der Waals surface area (Å²) in [6.45, 7) is 2.52. The third-order valence-corrected chi connectivity index (χ3v) is 6.20. The van der Waals surface area contributed by atoms with E-state index in [1.807, 2.05) is 6.92 Å². The van der Waals surface area contributed by atoms with E-state index in [2.05, 4.69) is 16.0 Å². The van der Waals surface area contributed by atoms with Gasteiger partial charge in [-0.2, -0.15) is 0 Å². The van der Waals surface area contributed by atoms with Crippen molar-refractivity contribution in [3.05, 3.63) is 53.3 Å². The summed E-state index contributed by atoms with van der Waals surface area (Å²) in [5, 5.41) is 8.53. The monoisotopic (exact) mass is 489 g/mol. The molecule has 11 heteroatoms. The summed E-state index contributed by atoms with van der Waals surface area (Å²) < 4.78 is 20.2. The largest absolute Gasteiger partial charge is 0.380 e. The number of benzene rings is 2. The van der Waals surface area contributed by atoms with Crippen LogP contribution < -0.4 is 20.9 Å². The second-order valence-corrected chi connectivity index (χ2v) is 8.69. The number of nitrogens with zero attached hydrogens (tertiary/aromatic N) is 2. The van der Waals surface area contributed by atoms with Crippen molar-refractivity contribution < 1.29 is 23.5 Å². The molecule has 2 aliphatic heterocycles. The quantitative estimate of drug-likeness (QED) is 0.596. The fourth-order valence-electron chi connectivity index (χ4n) is 4.12. The maximum Gasteiger partial charge on any atom is 0.322 e. The van der Waals surface area contributed by atoms with E-state index in [1.165, 1.54) is 29.0 Å². The minimum absolute atomic E-state index is 0.0417. The van der Waals surface area contributed by atoms with Crippen molar-refractivity contribution >= 4 is 46.6 Å². The summed E-state index contributed by atoms with van der Waals surface area (Å²) in [6.07, 6.45) is -0.0734. The number of anilines is 3. The molecule has 2 saturated heterocycles. The van der Waals surface area contributed by atoms with Crippen LogP contribution in [0.5, 0.6) is 0 Å². The molecule has 0 radical (unpaired) electrons. The number of ether oxygens (including phenoxy) is 1. The van der Waals surface area contributed by atoms with Gasteiger partial charge in [0.15, 0.2) is 0 Å². The molecule has 34 heavy (non-hydrogen) atoms. The van der Waals surface area contributed by atoms with Crippen molar-refractivity contribution in [2.24, 2.45) is 0 Å². The first-order valence-corrected chi connectivity index (χ1v) is 11.2. The van der Waals surface area contributed by atoms with Crippen molar-refractivity contribution in [1.82, 2.24) is 10.2 Å². The Morgan fingerprint density at radius 2 is 1.91 bits per heavy atom. The number of rotatable bonds is 5. The fraction of sp³-hybridized carbons (Fsp3) is 0.348. The maximum absolute atomic E-state index is 14.8. The maximum atomic E-state index is 14.8. The summed E-state index contributed by atoms with van der Waals surface area (Å²) in [4.78, 5) is 40.7. The first kappa shape index (κ1) is 23.8. The van der Waals surface area contributed by atoms with E-state index in [-0.39, 0.29) is 36.8 Å². The highest BCUT2D eigenvalue weighted by Gasteiger charge is 2.40. The average molecular weight is 490 g/mol. The molecular formula is C23H25ClFN5O4. The number of carbonyl (C=O) groups is 3. The lowest BCUT2D eigenvalue weighted by atomic mass is 10.1. The Kier molecular flexibility index (Phi) is 6.90. The second kappa shape index (κ2) is 9.86. The Labute approximate surface area is 201 Å². The van der Waals surface area contributed by atoms with Crippen molar-refractivity contribution in [3.8, 4) is 0 Å². The summed E-state index contributed by atoms with van der Waals surface area (Å²) >= 11 is 5.88. The van der Waals surface area contributed by atoms with E-state index in [0.717, 1.165) is 0 Å². The van der Waals surface area contributed by atoms with Gasteiger partial charge in [0, 0.05) is 43.0 Å². The Bertz CT molecular complexity index is 1100. The minimum Gasteiger partial charge on any atom is -0.380 e. The predicted octanol–water partition coefficient (Wildman–Crippen LogP) is 3.66. The number of urea groups is 2. The van der Waals surface area contributed by atoms with Gasteiger partial charge in [0.25, 0.3) is 0 Å². The van der Waals surface area contributed by atoms with E-state index in [0.29, 0.717) is 22.9 Å². The van der Waals surface area contributed by atoms with Gasteiger partial charge in [-0.05, 0) is 49.4 Å². The zero-order valence-corrected chi connectivity index (χ0v) is 19.4. The van der Waals surface area contributed by atoms with E-state index < -0.39 is 23.8 Å². The van der Waals surface area contributed by atoms with Gasteiger partial charge in [-0.3, -0.25) is 9.69 Å². The van der Waals surface area contributed by atoms with E-state index in [4.69, 9.17) is 16.3 Å². The molecule has 2 aromatic rings. The highest BCUT2D eigenvalue weighted by molar-refractivity contribution is 6.30. The molecule has 2 fully saturated rings. The zero-order valence-electron chi connectivity index (χ0n) is 18.7.